The van der Waals surface area contributed by atoms with Crippen LogP contribution in [0.2, 0.25) is 10.0 Å². The highest BCUT2D eigenvalue weighted by Gasteiger charge is 2.17. The van der Waals surface area contributed by atoms with Gasteiger partial charge >= 0.3 is 0 Å². The van der Waals surface area contributed by atoms with Crippen LogP contribution in [-0.4, -0.2) is 27.2 Å². The minimum atomic E-state index is -0.186. The lowest BCUT2D eigenvalue weighted by atomic mass is 10.1. The van der Waals surface area contributed by atoms with Crippen LogP contribution in [0.4, 0.5) is 0 Å². The second-order valence-corrected chi connectivity index (χ2v) is 8.53. The average Bonchev–Trinajstić information content (AvgIpc) is 3.37. The minimum Gasteiger partial charge on any atom is -0.361 e. The van der Waals surface area contributed by atoms with E-state index < -0.39 is 0 Å². The molecule has 0 radical (unpaired) electrons. The Bertz CT molecular complexity index is 1420. The van der Waals surface area contributed by atoms with Gasteiger partial charge in [0.1, 0.15) is 0 Å². The smallest absolute Gasteiger partial charge is 0.272 e. The maximum atomic E-state index is 13.0. The van der Waals surface area contributed by atoms with Crippen molar-refractivity contribution in [1.82, 2.24) is 20.1 Å². The molecule has 0 saturated heterocycles. The van der Waals surface area contributed by atoms with Crippen LogP contribution in [0.25, 0.3) is 21.8 Å². The summed E-state index contributed by atoms with van der Waals surface area (Å²) in [7, 11) is 0. The lowest BCUT2D eigenvalue weighted by Gasteiger charge is -2.04. The Balaban J connectivity index is 1.34. The predicted octanol–water partition coefficient (Wildman–Crippen LogP) is 5.85. The molecule has 3 aromatic carbocycles. The van der Waals surface area contributed by atoms with Crippen molar-refractivity contribution in [3.05, 3.63) is 99.8 Å². The van der Waals surface area contributed by atoms with Gasteiger partial charge in [0.05, 0.1) is 12.1 Å². The number of carbonyl (C=O) groups excluding carboxylic acids is 1. The number of rotatable bonds is 6. The molecule has 0 unspecified atom stereocenters. The van der Waals surface area contributed by atoms with E-state index in [1.807, 2.05) is 77.6 Å². The molecule has 32 heavy (non-hydrogen) atoms. The molecule has 2 N–H and O–H groups in total. The van der Waals surface area contributed by atoms with E-state index in [0.717, 1.165) is 32.9 Å². The summed E-state index contributed by atoms with van der Waals surface area (Å²) in [5.41, 5.74) is 4.55. The zero-order valence-electron chi connectivity index (χ0n) is 17.1. The monoisotopic (exact) mass is 462 g/mol. The number of fused-ring (bicyclic) bond motifs is 2. The van der Waals surface area contributed by atoms with E-state index in [0.29, 0.717) is 35.2 Å². The second kappa shape index (κ2) is 8.69. The van der Waals surface area contributed by atoms with Crippen molar-refractivity contribution in [3.63, 3.8) is 0 Å². The minimum absolute atomic E-state index is 0.186. The summed E-state index contributed by atoms with van der Waals surface area (Å²) in [6, 6.07) is 21.2. The highest BCUT2D eigenvalue weighted by Crippen LogP contribution is 2.23. The molecular weight excluding hydrogens is 443 g/mol. The van der Waals surface area contributed by atoms with E-state index in [1.165, 1.54) is 0 Å². The van der Waals surface area contributed by atoms with Gasteiger partial charge in [0, 0.05) is 39.1 Å². The summed E-state index contributed by atoms with van der Waals surface area (Å²) >= 11 is 12.1. The fourth-order valence-corrected chi connectivity index (χ4v) is 4.23. The molecule has 2 aromatic heterocycles. The Morgan fingerprint density at radius 3 is 2.59 bits per heavy atom. The molecule has 2 heterocycles. The molecule has 0 aliphatic carbocycles. The van der Waals surface area contributed by atoms with E-state index >= 15 is 0 Å². The zero-order valence-corrected chi connectivity index (χ0v) is 18.6. The topological polar surface area (TPSA) is 62.7 Å². The lowest BCUT2D eigenvalue weighted by molar-refractivity contribution is 0.0950. The fraction of sp³-hybridized carbons (Fsp3) is 0.120. The van der Waals surface area contributed by atoms with Crippen LogP contribution in [0, 0.1) is 0 Å². The number of nitrogens with zero attached hydrogens (tertiary/aromatic N) is 2. The number of para-hydroxylation sites is 1. The van der Waals surface area contributed by atoms with Crippen molar-refractivity contribution in [2.75, 3.05) is 6.54 Å². The summed E-state index contributed by atoms with van der Waals surface area (Å²) in [6.45, 7) is 1.05. The molecule has 5 nitrogen and oxygen atoms in total. The van der Waals surface area contributed by atoms with Crippen LogP contribution in [0.1, 0.15) is 21.6 Å². The van der Waals surface area contributed by atoms with E-state index in [9.17, 15) is 4.79 Å². The van der Waals surface area contributed by atoms with E-state index in [-0.39, 0.29) is 5.91 Å². The fourth-order valence-electron chi connectivity index (χ4n) is 3.93. The molecule has 0 aliphatic heterocycles. The Labute approximate surface area is 195 Å². The first-order valence-electron chi connectivity index (χ1n) is 10.3. The molecule has 5 aromatic rings. The van der Waals surface area contributed by atoms with Crippen molar-refractivity contribution in [2.24, 2.45) is 0 Å². The zero-order chi connectivity index (χ0) is 22.1. The quantitative estimate of drug-likeness (QED) is 0.332. The molecule has 0 atom stereocenters. The number of H-pyrrole nitrogens is 1. The van der Waals surface area contributed by atoms with Gasteiger partial charge in [-0.3, -0.25) is 9.48 Å². The van der Waals surface area contributed by atoms with Crippen LogP contribution < -0.4 is 5.32 Å². The Morgan fingerprint density at radius 1 is 0.969 bits per heavy atom. The number of hydrogen-bond donors (Lipinski definition) is 2. The van der Waals surface area contributed by atoms with Crippen molar-refractivity contribution in [1.29, 1.82) is 0 Å². The molecule has 0 bridgehead atoms. The van der Waals surface area contributed by atoms with Crippen molar-refractivity contribution < 1.29 is 4.79 Å². The normalized spacial score (nSPS) is 11.3. The van der Waals surface area contributed by atoms with Crippen LogP contribution in [0.15, 0.2) is 72.9 Å². The molecule has 160 valence electrons. The molecule has 0 spiro atoms. The highest BCUT2D eigenvalue weighted by molar-refractivity contribution is 6.31. The standard InChI is InChI=1S/C25H20Cl2N4O/c26-18-7-5-16(6-8-18)15-31-23-4-2-1-3-20(23)24(30-31)25(32)28-12-11-17-14-29-22-10-9-19(27)13-21(17)22/h1-10,13-14,29H,11-12,15H2,(H,28,32). The van der Waals surface area contributed by atoms with Gasteiger partial charge in [-0.1, -0.05) is 53.5 Å². The van der Waals surface area contributed by atoms with Crippen LogP contribution in [-0.2, 0) is 13.0 Å². The number of aromatic nitrogens is 3. The van der Waals surface area contributed by atoms with Crippen molar-refractivity contribution in [2.45, 2.75) is 13.0 Å². The lowest BCUT2D eigenvalue weighted by Crippen LogP contribution is -2.26. The maximum Gasteiger partial charge on any atom is 0.272 e. The first-order chi connectivity index (χ1) is 15.6. The number of hydrogen-bond acceptors (Lipinski definition) is 2. The second-order valence-electron chi connectivity index (χ2n) is 7.66. The summed E-state index contributed by atoms with van der Waals surface area (Å²) in [6.07, 6.45) is 2.65. The van der Waals surface area contributed by atoms with Crippen LogP contribution >= 0.6 is 23.2 Å². The van der Waals surface area contributed by atoms with Crippen LogP contribution in [0.3, 0.4) is 0 Å². The summed E-state index contributed by atoms with van der Waals surface area (Å²) in [4.78, 5) is 16.2. The Morgan fingerprint density at radius 2 is 1.75 bits per heavy atom. The van der Waals surface area contributed by atoms with Gasteiger partial charge < -0.3 is 10.3 Å². The average molecular weight is 463 g/mol. The van der Waals surface area contributed by atoms with Gasteiger partial charge in [-0.15, -0.1) is 0 Å². The number of carbonyl (C=O) groups is 1. The third kappa shape index (κ3) is 4.09. The van der Waals surface area contributed by atoms with Gasteiger partial charge in [0.25, 0.3) is 5.91 Å². The number of aromatic amines is 1. The highest BCUT2D eigenvalue weighted by atomic mass is 35.5. The van der Waals surface area contributed by atoms with Gasteiger partial charge in [0.15, 0.2) is 5.69 Å². The molecule has 7 heteroatoms. The van der Waals surface area contributed by atoms with E-state index in [4.69, 9.17) is 23.2 Å². The van der Waals surface area contributed by atoms with Crippen LogP contribution in [0.5, 0.6) is 0 Å². The third-order valence-electron chi connectivity index (χ3n) is 5.53. The first-order valence-corrected chi connectivity index (χ1v) is 11.1. The number of amides is 1. The van der Waals surface area contributed by atoms with Gasteiger partial charge in [-0.05, 0) is 53.9 Å². The number of benzene rings is 3. The number of halogens is 2. The summed E-state index contributed by atoms with van der Waals surface area (Å²) in [5, 5.41) is 10.9. The van der Waals surface area contributed by atoms with Crippen molar-refractivity contribution >= 4 is 50.9 Å². The molecular formula is C25H20Cl2N4O. The molecule has 0 aliphatic rings. The van der Waals surface area contributed by atoms with E-state index in [1.54, 1.807) is 0 Å². The summed E-state index contributed by atoms with van der Waals surface area (Å²) in [5.74, 6) is -0.186. The molecule has 0 fully saturated rings. The largest absolute Gasteiger partial charge is 0.361 e. The summed E-state index contributed by atoms with van der Waals surface area (Å²) < 4.78 is 1.86. The Kier molecular flexibility index (Phi) is 5.60. The van der Waals surface area contributed by atoms with Crippen molar-refractivity contribution in [3.8, 4) is 0 Å². The van der Waals surface area contributed by atoms with Gasteiger partial charge in [-0.2, -0.15) is 5.10 Å². The predicted molar refractivity (Wildman–Crippen MR) is 130 cm³/mol. The Hall–Kier alpha value is -3.28. The molecule has 5 rings (SSSR count). The van der Waals surface area contributed by atoms with Gasteiger partial charge in [0.2, 0.25) is 0 Å². The van der Waals surface area contributed by atoms with E-state index in [2.05, 4.69) is 15.4 Å². The van der Waals surface area contributed by atoms with Gasteiger partial charge in [-0.25, -0.2) is 0 Å². The molecule has 1 amide bonds. The maximum absolute atomic E-state index is 13.0. The first kappa shape index (κ1) is 20.6. The number of nitrogens with one attached hydrogen (secondary N) is 2. The third-order valence-corrected chi connectivity index (χ3v) is 6.02. The molecule has 0 saturated carbocycles. The SMILES string of the molecule is O=C(NCCc1c[nH]c2ccc(Cl)cc12)c1nn(Cc2ccc(Cl)cc2)c2ccccc12.